The second-order valence-corrected chi connectivity index (χ2v) is 9.61. The Labute approximate surface area is 182 Å². The first-order chi connectivity index (χ1) is 14.6. The molecule has 1 fully saturated rings. The number of carbonyl (C=O) groups excluding carboxylic acids is 1. The van der Waals surface area contributed by atoms with Crippen LogP contribution in [0.25, 0.3) is 20.4 Å². The smallest absolute Gasteiger partial charge is 0.229 e. The number of methoxy groups -OCH3 is 1. The highest BCUT2D eigenvalue weighted by atomic mass is 32.1. The van der Waals surface area contributed by atoms with Crippen LogP contribution in [0.15, 0.2) is 36.4 Å². The van der Waals surface area contributed by atoms with Gasteiger partial charge in [-0.2, -0.15) is 0 Å². The maximum atomic E-state index is 12.8. The van der Waals surface area contributed by atoms with Crippen LogP contribution in [0.5, 0.6) is 5.75 Å². The summed E-state index contributed by atoms with van der Waals surface area (Å²) in [4.78, 5) is 24.4. The van der Waals surface area contributed by atoms with Gasteiger partial charge in [0, 0.05) is 19.0 Å². The van der Waals surface area contributed by atoms with Crippen molar-refractivity contribution in [3.63, 3.8) is 0 Å². The number of rotatable bonds is 4. The molecule has 8 heteroatoms. The van der Waals surface area contributed by atoms with Crippen LogP contribution in [-0.2, 0) is 4.79 Å². The average molecular weight is 439 g/mol. The van der Waals surface area contributed by atoms with Gasteiger partial charge >= 0.3 is 0 Å². The van der Waals surface area contributed by atoms with Crippen molar-refractivity contribution in [3.05, 3.63) is 42.0 Å². The summed E-state index contributed by atoms with van der Waals surface area (Å²) in [6.45, 7) is 3.72. The predicted octanol–water partition coefficient (Wildman–Crippen LogP) is 5.08. The molecular weight excluding hydrogens is 416 g/mol. The molecule has 1 aliphatic heterocycles. The highest BCUT2D eigenvalue weighted by Gasteiger charge is 2.27. The van der Waals surface area contributed by atoms with Crippen LogP contribution < -0.4 is 15.0 Å². The van der Waals surface area contributed by atoms with Gasteiger partial charge in [0.25, 0.3) is 0 Å². The summed E-state index contributed by atoms with van der Waals surface area (Å²) in [7, 11) is 1.67. The average Bonchev–Trinajstić information content (AvgIpc) is 3.36. The minimum absolute atomic E-state index is 0.00414. The molecule has 0 bridgehead atoms. The number of hydrogen-bond donors (Lipinski definition) is 1. The zero-order valence-electron chi connectivity index (χ0n) is 16.8. The first-order valence-corrected chi connectivity index (χ1v) is 11.6. The van der Waals surface area contributed by atoms with Crippen LogP contribution >= 0.6 is 22.7 Å². The summed E-state index contributed by atoms with van der Waals surface area (Å²) >= 11 is 3.21. The first kappa shape index (κ1) is 19.3. The van der Waals surface area contributed by atoms with Gasteiger partial charge in [0.15, 0.2) is 10.3 Å². The standard InChI is InChI=1S/C22H22N4O2S2/c1-13-3-5-16-18(11-13)29-21(23-16)25-20(27)14-7-9-26(10-8-14)22-24-17-6-4-15(28-2)12-19(17)30-22/h3-6,11-12,14H,7-10H2,1-2H3,(H,23,25,27). The number of thiazole rings is 2. The molecule has 0 atom stereocenters. The number of piperidine rings is 1. The molecule has 0 aliphatic carbocycles. The molecule has 30 heavy (non-hydrogen) atoms. The van der Waals surface area contributed by atoms with Crippen molar-refractivity contribution in [2.75, 3.05) is 30.4 Å². The molecule has 3 heterocycles. The highest BCUT2D eigenvalue weighted by Crippen LogP contribution is 2.34. The van der Waals surface area contributed by atoms with Crippen molar-refractivity contribution >= 4 is 59.3 Å². The normalized spacial score (nSPS) is 15.1. The van der Waals surface area contributed by atoms with E-state index in [-0.39, 0.29) is 11.8 Å². The van der Waals surface area contributed by atoms with E-state index >= 15 is 0 Å². The summed E-state index contributed by atoms with van der Waals surface area (Å²) in [6.07, 6.45) is 1.63. The number of benzene rings is 2. The molecule has 6 nitrogen and oxygen atoms in total. The van der Waals surface area contributed by atoms with Gasteiger partial charge in [-0.3, -0.25) is 4.79 Å². The summed E-state index contributed by atoms with van der Waals surface area (Å²) in [5.74, 6) is 0.919. The number of ether oxygens (including phenoxy) is 1. The second kappa shape index (κ2) is 7.85. The predicted molar refractivity (Wildman–Crippen MR) is 124 cm³/mol. The van der Waals surface area contributed by atoms with E-state index in [9.17, 15) is 4.79 Å². The first-order valence-electron chi connectivity index (χ1n) is 9.96. The lowest BCUT2D eigenvalue weighted by atomic mass is 9.96. The van der Waals surface area contributed by atoms with Crippen LogP contribution in [0.3, 0.4) is 0 Å². The van der Waals surface area contributed by atoms with E-state index in [0.717, 1.165) is 57.2 Å². The fourth-order valence-electron chi connectivity index (χ4n) is 3.78. The molecule has 0 saturated carbocycles. The zero-order valence-corrected chi connectivity index (χ0v) is 18.5. The lowest BCUT2D eigenvalue weighted by Gasteiger charge is -2.30. The number of fused-ring (bicyclic) bond motifs is 2. The van der Waals surface area contributed by atoms with E-state index in [0.29, 0.717) is 5.13 Å². The van der Waals surface area contributed by atoms with Crippen molar-refractivity contribution < 1.29 is 9.53 Å². The molecule has 1 aliphatic rings. The Morgan fingerprint density at radius 2 is 1.80 bits per heavy atom. The Hall–Kier alpha value is -2.71. The number of anilines is 2. The molecular formula is C22H22N4O2S2. The van der Waals surface area contributed by atoms with Crippen LogP contribution in [-0.4, -0.2) is 36.1 Å². The minimum atomic E-state index is 0.00414. The quantitative estimate of drug-likeness (QED) is 0.481. The number of aromatic nitrogens is 2. The molecule has 2 aromatic heterocycles. The van der Waals surface area contributed by atoms with Crippen LogP contribution in [0, 0.1) is 12.8 Å². The van der Waals surface area contributed by atoms with Gasteiger partial charge in [-0.05, 0) is 55.7 Å². The van der Waals surface area contributed by atoms with E-state index in [1.165, 1.54) is 16.9 Å². The summed E-state index contributed by atoms with van der Waals surface area (Å²) < 4.78 is 7.53. The van der Waals surface area contributed by atoms with Gasteiger partial charge in [0.1, 0.15) is 5.75 Å². The fourth-order valence-corrected chi connectivity index (χ4v) is 5.79. The summed E-state index contributed by atoms with van der Waals surface area (Å²) in [6, 6.07) is 12.1. The second-order valence-electron chi connectivity index (χ2n) is 7.57. The van der Waals surface area contributed by atoms with Crippen molar-refractivity contribution in [3.8, 4) is 5.75 Å². The van der Waals surface area contributed by atoms with E-state index in [4.69, 9.17) is 9.72 Å². The molecule has 154 valence electrons. The third-order valence-electron chi connectivity index (χ3n) is 5.49. The molecule has 0 unspecified atom stereocenters. The fraction of sp³-hybridized carbons (Fsp3) is 0.318. The van der Waals surface area contributed by atoms with Gasteiger partial charge in [0.2, 0.25) is 5.91 Å². The molecule has 5 rings (SSSR count). The molecule has 1 N–H and O–H groups in total. The minimum Gasteiger partial charge on any atom is -0.497 e. The third-order valence-corrected chi connectivity index (χ3v) is 7.51. The van der Waals surface area contributed by atoms with Crippen molar-refractivity contribution in [1.29, 1.82) is 0 Å². The molecule has 0 spiro atoms. The Balaban J connectivity index is 1.23. The highest BCUT2D eigenvalue weighted by molar-refractivity contribution is 7.22. The summed E-state index contributed by atoms with van der Waals surface area (Å²) in [5.41, 5.74) is 3.12. The largest absolute Gasteiger partial charge is 0.497 e. The number of carbonyl (C=O) groups is 1. The lowest BCUT2D eigenvalue weighted by Crippen LogP contribution is -2.38. The molecule has 4 aromatic rings. The van der Waals surface area contributed by atoms with Gasteiger partial charge in [0.05, 0.1) is 27.5 Å². The third kappa shape index (κ3) is 3.73. The molecule has 2 aromatic carbocycles. The maximum Gasteiger partial charge on any atom is 0.229 e. The van der Waals surface area contributed by atoms with Gasteiger partial charge in [-0.1, -0.05) is 28.7 Å². The summed E-state index contributed by atoms with van der Waals surface area (Å²) in [5, 5.41) is 4.73. The van der Waals surface area contributed by atoms with Crippen LogP contribution in [0.4, 0.5) is 10.3 Å². The lowest BCUT2D eigenvalue weighted by molar-refractivity contribution is -0.120. The van der Waals surface area contributed by atoms with E-state index in [1.54, 1.807) is 18.4 Å². The SMILES string of the molecule is COc1ccc2nc(N3CCC(C(=O)Nc4nc5ccc(C)cc5s4)CC3)sc2c1. The van der Waals surface area contributed by atoms with Crippen LogP contribution in [0.1, 0.15) is 18.4 Å². The Bertz CT molecular complexity index is 1220. The number of nitrogens with zero attached hydrogens (tertiary/aromatic N) is 3. The Kier molecular flexibility index (Phi) is 5.04. The Morgan fingerprint density at radius 3 is 2.60 bits per heavy atom. The van der Waals surface area contributed by atoms with Gasteiger partial charge in [-0.25, -0.2) is 9.97 Å². The van der Waals surface area contributed by atoms with E-state index < -0.39 is 0 Å². The molecule has 1 amide bonds. The topological polar surface area (TPSA) is 67.3 Å². The van der Waals surface area contributed by atoms with Crippen LogP contribution in [0.2, 0.25) is 0 Å². The number of nitrogens with one attached hydrogen (secondary N) is 1. The number of amides is 1. The van der Waals surface area contributed by atoms with Crippen molar-refractivity contribution in [2.45, 2.75) is 19.8 Å². The number of hydrogen-bond acceptors (Lipinski definition) is 7. The molecule has 0 radical (unpaired) electrons. The zero-order chi connectivity index (χ0) is 20.7. The molecule has 1 saturated heterocycles. The monoisotopic (exact) mass is 438 g/mol. The van der Waals surface area contributed by atoms with Gasteiger partial charge in [-0.15, -0.1) is 0 Å². The van der Waals surface area contributed by atoms with E-state index in [2.05, 4.69) is 28.2 Å². The van der Waals surface area contributed by atoms with Crippen molar-refractivity contribution in [1.82, 2.24) is 9.97 Å². The van der Waals surface area contributed by atoms with E-state index in [1.807, 2.05) is 30.3 Å². The maximum absolute atomic E-state index is 12.8. The van der Waals surface area contributed by atoms with Gasteiger partial charge < -0.3 is 15.0 Å². The Morgan fingerprint density at radius 1 is 1.07 bits per heavy atom. The number of aryl methyl sites for hydroxylation is 1. The van der Waals surface area contributed by atoms with Crippen molar-refractivity contribution in [2.24, 2.45) is 5.92 Å².